The second kappa shape index (κ2) is 27.6. The van der Waals surface area contributed by atoms with E-state index in [1.807, 2.05) is 58.0 Å². The van der Waals surface area contributed by atoms with Crippen molar-refractivity contribution in [2.75, 3.05) is 25.7 Å². The van der Waals surface area contributed by atoms with Gasteiger partial charge in [-0.3, -0.25) is 4.79 Å². The molecule has 7 nitrogen and oxygen atoms in total. The van der Waals surface area contributed by atoms with E-state index in [-0.39, 0.29) is 27.4 Å². The number of carbonyl (C=O) groups is 1. The molecule has 0 atom stereocenters. The van der Waals surface area contributed by atoms with E-state index in [2.05, 4.69) is 89.4 Å². The number of benzene rings is 4. The molecule has 1 heterocycles. The second-order valence-corrected chi connectivity index (χ2v) is 16.7. The minimum absolute atomic E-state index is 0.0185. The second-order valence-electron chi connectivity index (χ2n) is 14.0. The van der Waals surface area contributed by atoms with E-state index in [9.17, 15) is 4.79 Å². The molecule has 0 unspecified atom stereocenters. The van der Waals surface area contributed by atoms with Crippen LogP contribution in [0.1, 0.15) is 98.1 Å². The Morgan fingerprint density at radius 3 is 1.70 bits per heavy atom. The molecule has 10 heteroatoms. The number of aryl methyl sites for hydroxylation is 4. The Morgan fingerprint density at radius 2 is 1.30 bits per heavy atom. The number of halogens is 2. The number of hydrogen-bond donors (Lipinski definition) is 0. The number of rotatable bonds is 11. The van der Waals surface area contributed by atoms with E-state index in [0.717, 1.165) is 34.7 Å². The fraction of sp³-hybridized carbons (Fsp3) is 0.383. The van der Waals surface area contributed by atoms with Gasteiger partial charge in [-0.2, -0.15) is 13.0 Å². The molecule has 0 aliphatic carbocycles. The van der Waals surface area contributed by atoms with Crippen LogP contribution in [0.3, 0.4) is 0 Å². The third kappa shape index (κ3) is 18.0. The van der Waals surface area contributed by atoms with Gasteiger partial charge in [-0.1, -0.05) is 54.6 Å². The van der Waals surface area contributed by atoms with Gasteiger partial charge in [0, 0.05) is 25.8 Å². The Hall–Kier alpha value is -3.97. The molecule has 0 aromatic heterocycles. The summed E-state index contributed by atoms with van der Waals surface area (Å²) in [6.07, 6.45) is 5.54. The summed E-state index contributed by atoms with van der Waals surface area (Å²) < 4.78 is 26.0. The van der Waals surface area contributed by atoms with Gasteiger partial charge >= 0.3 is 34.5 Å². The molecule has 5 rings (SSSR count). The fourth-order valence-electron chi connectivity index (χ4n) is 5.96. The monoisotopic (exact) mass is 910 g/mol. The molecule has 0 radical (unpaired) electrons. The van der Waals surface area contributed by atoms with Gasteiger partial charge in [0.25, 0.3) is 0 Å². The first kappa shape index (κ1) is 51.1. The van der Waals surface area contributed by atoms with E-state index in [1.54, 1.807) is 38.5 Å². The van der Waals surface area contributed by atoms with E-state index in [0.29, 0.717) is 23.2 Å². The molecule has 0 bridgehead atoms. The molecule has 1 saturated heterocycles. The summed E-state index contributed by atoms with van der Waals surface area (Å²) in [4.78, 5) is 13.1. The molecule has 1 aliphatic heterocycles. The number of nitrogens with zero attached hydrogens (tertiary/aromatic N) is 1. The summed E-state index contributed by atoms with van der Waals surface area (Å²) in [5.74, 6) is 3.66. The SMILES string of the molecule is C=Cc1cccc(OC)c1OC(C)C.COc1cccc(C=O)c1OC(C)C.Cc1cc(C)c(N2[CH+]CCC2)c(C)c1.[CH2-]c1cccc(C)c1[OH+]C(C)C.[Cl][Ru-][Cl]. The Balaban J connectivity index is 0.000000372. The van der Waals surface area contributed by atoms with Crippen LogP contribution in [0.4, 0.5) is 5.69 Å². The average Bonchev–Trinajstić information content (AvgIpc) is 3.68. The Kier molecular flexibility index (Phi) is 24.7. The van der Waals surface area contributed by atoms with Gasteiger partial charge in [-0.05, 0) is 90.3 Å². The zero-order valence-electron chi connectivity index (χ0n) is 35.9. The molecule has 1 N–H and O–H groups in total. The number of aromatic hydroxyl groups is 1. The van der Waals surface area contributed by atoms with E-state index in [4.69, 9.17) is 38.3 Å². The number of hydrogen-bond acceptors (Lipinski definition) is 6. The van der Waals surface area contributed by atoms with Gasteiger partial charge in [0.2, 0.25) is 0 Å². The summed E-state index contributed by atoms with van der Waals surface area (Å²) in [6.45, 7) is 31.8. The van der Waals surface area contributed by atoms with Crippen LogP contribution in [0.15, 0.2) is 73.3 Å². The predicted octanol–water partition coefficient (Wildman–Crippen LogP) is 13.0. The topological polar surface area (TPSA) is 70.0 Å². The first-order chi connectivity index (χ1) is 27.1. The Bertz CT molecular complexity index is 1680. The summed E-state index contributed by atoms with van der Waals surface area (Å²) in [5, 5.41) is 0. The van der Waals surface area contributed by atoms with Crippen LogP contribution in [-0.2, 0) is 15.1 Å². The van der Waals surface area contributed by atoms with Crippen molar-refractivity contribution in [3.05, 3.63) is 126 Å². The molecule has 315 valence electrons. The predicted molar refractivity (Wildman–Crippen MR) is 239 cm³/mol. The Labute approximate surface area is 359 Å². The van der Waals surface area contributed by atoms with Crippen LogP contribution in [0.2, 0.25) is 0 Å². The van der Waals surface area contributed by atoms with Crippen molar-refractivity contribution in [3.63, 3.8) is 0 Å². The number of ether oxygens (including phenoxy) is 5. The molecule has 0 saturated carbocycles. The molecule has 0 amide bonds. The standard InChI is InChI=1S/C13H18N.C12H16O2.C11H14O3.C11H15O.2ClH.Ru/c1-10-8-11(2)13(12(3)9-10)14-6-4-5-7-14;1-5-10-7-6-8-11(13-4)12(10)14-9(2)3;1-8(2)14-11-9(7-12)5-4-6-10(11)13-3;1-8(2)12-11-9(3)6-5-7-10(11)4;;;/h6,8-9H,4-5,7H2,1-3H3;5-9H,1H2,2-4H3;4-8H,1-3H3;5-8H,3H2,1-2,4H3;2*1H;/q+1;;;-1;;;+1/p-1. The normalized spacial score (nSPS) is 11.4. The molecule has 57 heavy (non-hydrogen) atoms. The summed E-state index contributed by atoms with van der Waals surface area (Å²) >= 11 is -0.346. The number of aliphatic hydroxyl groups is 1. The molecular weight excluding hydrogens is 846 g/mol. The quantitative estimate of drug-likeness (QED) is 0.0646. The molecular formula is C47H64Cl2NO6Ru. The number of aldehydes is 1. The maximum atomic E-state index is 10.7. The van der Waals surface area contributed by atoms with Crippen molar-refractivity contribution >= 4 is 37.4 Å². The van der Waals surface area contributed by atoms with Crippen LogP contribution in [-0.4, -0.2) is 50.1 Å². The molecule has 1 aliphatic rings. The Morgan fingerprint density at radius 1 is 0.807 bits per heavy atom. The zero-order valence-corrected chi connectivity index (χ0v) is 39.1. The van der Waals surface area contributed by atoms with Crippen molar-refractivity contribution in [2.24, 2.45) is 0 Å². The number of carbonyl (C=O) groups excluding carboxylic acids is 1. The first-order valence-corrected chi connectivity index (χ1v) is 23.5. The summed E-state index contributed by atoms with van der Waals surface area (Å²) in [6, 6.07) is 21.6. The van der Waals surface area contributed by atoms with Gasteiger partial charge in [0.15, 0.2) is 47.7 Å². The van der Waals surface area contributed by atoms with E-state index in [1.165, 1.54) is 47.3 Å². The van der Waals surface area contributed by atoms with Crippen molar-refractivity contribution in [1.82, 2.24) is 0 Å². The van der Waals surface area contributed by atoms with Crippen LogP contribution in [0, 0.1) is 41.2 Å². The van der Waals surface area contributed by atoms with Gasteiger partial charge in [-0.15, -0.1) is 11.6 Å². The van der Waals surface area contributed by atoms with E-state index >= 15 is 0 Å². The van der Waals surface area contributed by atoms with Crippen molar-refractivity contribution in [3.8, 4) is 28.7 Å². The molecule has 0 spiro atoms. The third-order valence-corrected chi connectivity index (χ3v) is 8.10. The molecule has 4 aromatic rings. The minimum atomic E-state index is -0.346. The maximum absolute atomic E-state index is 10.7. The molecule has 1 fully saturated rings. The first-order valence-electron chi connectivity index (χ1n) is 19.0. The average molecular weight is 911 g/mol. The fourth-order valence-corrected chi connectivity index (χ4v) is 5.96. The van der Waals surface area contributed by atoms with Crippen LogP contribution >= 0.6 is 19.4 Å². The van der Waals surface area contributed by atoms with Gasteiger partial charge in [0.05, 0.1) is 44.2 Å². The summed E-state index contributed by atoms with van der Waals surface area (Å²) in [7, 11) is 12.9. The van der Waals surface area contributed by atoms with E-state index < -0.39 is 0 Å². The molecule has 4 aromatic carbocycles. The van der Waals surface area contributed by atoms with Crippen molar-refractivity contribution in [1.29, 1.82) is 0 Å². The van der Waals surface area contributed by atoms with Crippen molar-refractivity contribution < 1.29 is 43.6 Å². The number of para-hydroxylation sites is 3. The van der Waals surface area contributed by atoms with Gasteiger partial charge < -0.3 is 23.7 Å². The number of methoxy groups -OCH3 is 2. The zero-order chi connectivity index (χ0) is 43.1. The van der Waals surface area contributed by atoms with Gasteiger partial charge in [0.1, 0.15) is 6.42 Å². The summed E-state index contributed by atoms with van der Waals surface area (Å²) in [5.41, 5.74) is 9.29. The van der Waals surface area contributed by atoms with Crippen LogP contribution in [0.5, 0.6) is 28.7 Å². The van der Waals surface area contributed by atoms with Crippen molar-refractivity contribution in [2.45, 2.75) is 100 Å². The van der Waals surface area contributed by atoms with Gasteiger partial charge in [-0.25, -0.2) is 4.90 Å². The van der Waals surface area contributed by atoms with Crippen LogP contribution < -0.4 is 23.8 Å². The van der Waals surface area contributed by atoms with Crippen LogP contribution in [0.25, 0.3) is 6.08 Å². The third-order valence-electron chi connectivity index (χ3n) is 8.10. The number of anilines is 1.